The van der Waals surface area contributed by atoms with E-state index in [1.54, 1.807) is 31.3 Å². The highest BCUT2D eigenvalue weighted by Crippen LogP contribution is 2.21. The number of nitrogens with one attached hydrogen (secondary N) is 2. The second-order valence-electron chi connectivity index (χ2n) is 3.85. The molecule has 0 aromatic heterocycles. The van der Waals surface area contributed by atoms with Crippen LogP contribution in [0.25, 0.3) is 0 Å². The lowest BCUT2D eigenvalue weighted by Gasteiger charge is -2.10. The van der Waals surface area contributed by atoms with Crippen LogP contribution in [0.2, 0.25) is 0 Å². The molecule has 19 heavy (non-hydrogen) atoms. The van der Waals surface area contributed by atoms with Crippen LogP contribution in [0.3, 0.4) is 0 Å². The van der Waals surface area contributed by atoms with Crippen LogP contribution in [-0.2, 0) is 0 Å². The Morgan fingerprint density at radius 3 is 2.26 bits per heavy atom. The molecule has 98 valence electrons. The van der Waals surface area contributed by atoms with Crippen molar-refractivity contribution in [2.75, 3.05) is 17.7 Å². The van der Waals surface area contributed by atoms with Crippen molar-refractivity contribution < 1.29 is 13.6 Å². The van der Waals surface area contributed by atoms with Gasteiger partial charge in [-0.05, 0) is 24.3 Å². The Morgan fingerprint density at radius 2 is 1.63 bits per heavy atom. The average Bonchev–Trinajstić information content (AvgIpc) is 2.42. The van der Waals surface area contributed by atoms with Gasteiger partial charge in [-0.2, -0.15) is 0 Å². The summed E-state index contributed by atoms with van der Waals surface area (Å²) >= 11 is 0. The lowest BCUT2D eigenvalue weighted by atomic mass is 10.1. The number of anilines is 2. The number of hydrogen-bond acceptors (Lipinski definition) is 2. The van der Waals surface area contributed by atoms with Crippen molar-refractivity contribution in [2.24, 2.45) is 0 Å². The molecule has 5 heteroatoms. The van der Waals surface area contributed by atoms with Gasteiger partial charge in [0, 0.05) is 12.7 Å². The van der Waals surface area contributed by atoms with E-state index in [0.717, 1.165) is 12.1 Å². The maximum atomic E-state index is 13.4. The van der Waals surface area contributed by atoms with Gasteiger partial charge in [0.25, 0.3) is 5.91 Å². The molecule has 0 heterocycles. The highest BCUT2D eigenvalue weighted by atomic mass is 19.1. The van der Waals surface area contributed by atoms with Gasteiger partial charge in [0.05, 0.1) is 5.56 Å². The predicted octanol–water partition coefficient (Wildman–Crippen LogP) is 3.26. The van der Waals surface area contributed by atoms with Crippen molar-refractivity contribution in [3.8, 4) is 0 Å². The van der Waals surface area contributed by atoms with E-state index >= 15 is 0 Å². The summed E-state index contributed by atoms with van der Waals surface area (Å²) in [5, 5.41) is 5.08. The SMILES string of the molecule is CNc1ccccc1C(=O)Nc1c(F)cccc1F. The van der Waals surface area contributed by atoms with E-state index < -0.39 is 23.2 Å². The zero-order valence-electron chi connectivity index (χ0n) is 10.2. The van der Waals surface area contributed by atoms with Gasteiger partial charge >= 0.3 is 0 Å². The normalized spacial score (nSPS) is 10.1. The smallest absolute Gasteiger partial charge is 0.257 e. The monoisotopic (exact) mass is 262 g/mol. The van der Waals surface area contributed by atoms with E-state index in [4.69, 9.17) is 0 Å². The summed E-state index contributed by atoms with van der Waals surface area (Å²) in [6.07, 6.45) is 0. The van der Waals surface area contributed by atoms with E-state index in [1.165, 1.54) is 6.07 Å². The average molecular weight is 262 g/mol. The van der Waals surface area contributed by atoms with Gasteiger partial charge in [-0.3, -0.25) is 4.79 Å². The van der Waals surface area contributed by atoms with Gasteiger partial charge in [0.15, 0.2) is 0 Å². The number of amides is 1. The first-order chi connectivity index (χ1) is 9.13. The topological polar surface area (TPSA) is 41.1 Å². The molecular formula is C14H12F2N2O. The van der Waals surface area contributed by atoms with Gasteiger partial charge < -0.3 is 10.6 Å². The summed E-state index contributed by atoms with van der Waals surface area (Å²) in [4.78, 5) is 12.0. The van der Waals surface area contributed by atoms with Crippen LogP contribution in [0.15, 0.2) is 42.5 Å². The number of benzene rings is 2. The summed E-state index contributed by atoms with van der Waals surface area (Å²) < 4.78 is 26.9. The number of hydrogen-bond donors (Lipinski definition) is 2. The largest absolute Gasteiger partial charge is 0.387 e. The third-order valence-corrected chi connectivity index (χ3v) is 2.64. The first kappa shape index (κ1) is 13.0. The summed E-state index contributed by atoms with van der Waals surface area (Å²) in [6, 6.07) is 10.1. The number of rotatable bonds is 3. The van der Waals surface area contributed by atoms with Crippen LogP contribution in [-0.4, -0.2) is 13.0 Å². The molecule has 2 aromatic rings. The quantitative estimate of drug-likeness (QED) is 0.891. The van der Waals surface area contributed by atoms with Gasteiger partial charge in [-0.1, -0.05) is 18.2 Å². The molecule has 0 aliphatic carbocycles. The fourth-order valence-corrected chi connectivity index (χ4v) is 1.70. The summed E-state index contributed by atoms with van der Waals surface area (Å²) in [5.41, 5.74) is 0.447. The van der Waals surface area contributed by atoms with Crippen molar-refractivity contribution in [1.82, 2.24) is 0 Å². The minimum atomic E-state index is -0.810. The Labute approximate surface area is 109 Å². The highest BCUT2D eigenvalue weighted by molar-refractivity contribution is 6.08. The molecule has 3 nitrogen and oxygen atoms in total. The van der Waals surface area contributed by atoms with Crippen LogP contribution in [0.1, 0.15) is 10.4 Å². The second-order valence-corrected chi connectivity index (χ2v) is 3.85. The zero-order valence-corrected chi connectivity index (χ0v) is 10.2. The third kappa shape index (κ3) is 2.70. The van der Waals surface area contributed by atoms with E-state index in [1.807, 2.05) is 0 Å². The fourth-order valence-electron chi connectivity index (χ4n) is 1.70. The lowest BCUT2D eigenvalue weighted by molar-refractivity contribution is 0.102. The molecule has 2 rings (SSSR count). The summed E-state index contributed by atoms with van der Waals surface area (Å²) in [5.74, 6) is -2.19. The molecule has 0 atom stereocenters. The van der Waals surface area contributed by atoms with Gasteiger partial charge in [0.1, 0.15) is 17.3 Å². The molecule has 0 saturated heterocycles. The molecular weight excluding hydrogens is 250 g/mol. The minimum Gasteiger partial charge on any atom is -0.387 e. The lowest BCUT2D eigenvalue weighted by Crippen LogP contribution is -2.15. The van der Waals surface area contributed by atoms with Crippen LogP contribution in [0, 0.1) is 11.6 Å². The molecule has 0 saturated carbocycles. The molecule has 0 spiro atoms. The van der Waals surface area contributed by atoms with Gasteiger partial charge in [-0.25, -0.2) is 8.78 Å². The van der Waals surface area contributed by atoms with E-state index in [0.29, 0.717) is 11.3 Å². The number of halogens is 2. The van der Waals surface area contributed by atoms with Crippen molar-refractivity contribution in [3.05, 3.63) is 59.7 Å². The Morgan fingerprint density at radius 1 is 1.00 bits per heavy atom. The van der Waals surface area contributed by atoms with Crippen molar-refractivity contribution in [2.45, 2.75) is 0 Å². The second kappa shape index (κ2) is 5.48. The molecule has 0 unspecified atom stereocenters. The number of carbonyl (C=O) groups excluding carboxylic acids is 1. The van der Waals surface area contributed by atoms with E-state index in [9.17, 15) is 13.6 Å². The molecule has 0 aliphatic heterocycles. The molecule has 2 N–H and O–H groups in total. The Bertz CT molecular complexity index is 594. The first-order valence-corrected chi connectivity index (χ1v) is 5.65. The molecule has 0 radical (unpaired) electrons. The van der Waals surface area contributed by atoms with Crippen molar-refractivity contribution >= 4 is 17.3 Å². The molecule has 0 fully saturated rings. The maximum absolute atomic E-state index is 13.4. The van der Waals surface area contributed by atoms with Crippen LogP contribution in [0.4, 0.5) is 20.2 Å². The van der Waals surface area contributed by atoms with Gasteiger partial charge in [0.2, 0.25) is 0 Å². The summed E-state index contributed by atoms with van der Waals surface area (Å²) in [6.45, 7) is 0. The Kier molecular flexibility index (Phi) is 3.75. The van der Waals surface area contributed by atoms with E-state index in [2.05, 4.69) is 10.6 Å². The van der Waals surface area contributed by atoms with Gasteiger partial charge in [-0.15, -0.1) is 0 Å². The Hall–Kier alpha value is -2.43. The molecule has 0 aliphatic rings. The van der Waals surface area contributed by atoms with Crippen LogP contribution < -0.4 is 10.6 Å². The van der Waals surface area contributed by atoms with E-state index in [-0.39, 0.29) is 0 Å². The maximum Gasteiger partial charge on any atom is 0.257 e. The molecule has 1 amide bonds. The van der Waals surface area contributed by atoms with Crippen molar-refractivity contribution in [3.63, 3.8) is 0 Å². The van der Waals surface area contributed by atoms with Crippen LogP contribution in [0.5, 0.6) is 0 Å². The summed E-state index contributed by atoms with van der Waals surface area (Å²) in [7, 11) is 1.66. The fraction of sp³-hybridized carbons (Fsp3) is 0.0714. The molecule has 2 aromatic carbocycles. The highest BCUT2D eigenvalue weighted by Gasteiger charge is 2.15. The zero-order chi connectivity index (χ0) is 13.8. The predicted molar refractivity (Wildman–Crippen MR) is 70.3 cm³/mol. The minimum absolute atomic E-state index is 0.313. The third-order valence-electron chi connectivity index (χ3n) is 2.64. The first-order valence-electron chi connectivity index (χ1n) is 5.65. The standard InChI is InChI=1S/C14H12F2N2O/c1-17-12-8-3-2-5-9(12)14(19)18-13-10(15)6-4-7-11(13)16/h2-8,17H,1H3,(H,18,19). The Balaban J connectivity index is 2.31. The number of para-hydroxylation sites is 2. The molecule has 0 bridgehead atoms. The van der Waals surface area contributed by atoms with Crippen LogP contribution >= 0.6 is 0 Å². The van der Waals surface area contributed by atoms with Crippen molar-refractivity contribution in [1.29, 1.82) is 0 Å². The number of carbonyl (C=O) groups is 1.